The Bertz CT molecular complexity index is 1020. The van der Waals surface area contributed by atoms with E-state index in [1.54, 1.807) is 30.6 Å². The summed E-state index contributed by atoms with van der Waals surface area (Å²) in [5.41, 5.74) is 3.40. The minimum Gasteiger partial charge on any atom is -0.508 e. The van der Waals surface area contributed by atoms with Crippen LogP contribution in [-0.4, -0.2) is 21.8 Å². The van der Waals surface area contributed by atoms with E-state index in [1.165, 1.54) is 11.8 Å². The number of thioether (sulfide) groups is 1. The second kappa shape index (κ2) is 10.2. The van der Waals surface area contributed by atoms with E-state index in [0.29, 0.717) is 27.9 Å². The Balaban J connectivity index is 1.68. The molecule has 0 spiro atoms. The number of aromatic hydroxyl groups is 1. The zero-order chi connectivity index (χ0) is 21.7. The summed E-state index contributed by atoms with van der Waals surface area (Å²) in [7, 11) is 0. The summed E-state index contributed by atoms with van der Waals surface area (Å²) in [4.78, 5) is 16.9. The van der Waals surface area contributed by atoms with E-state index in [-0.39, 0.29) is 17.6 Å². The lowest BCUT2D eigenvalue weighted by molar-refractivity contribution is -0.113. The number of carbonyl (C=O) groups excluding carboxylic acids is 1. The molecule has 0 atom stereocenters. The van der Waals surface area contributed by atoms with Gasteiger partial charge in [-0.1, -0.05) is 49.2 Å². The molecule has 0 aliphatic heterocycles. The average Bonchev–Trinajstić information content (AvgIpc) is 2.71. The first kappa shape index (κ1) is 22.5. The summed E-state index contributed by atoms with van der Waals surface area (Å²) >= 11 is 14.4. The zero-order valence-corrected chi connectivity index (χ0v) is 19.0. The molecule has 0 aliphatic carbocycles. The van der Waals surface area contributed by atoms with Crippen LogP contribution < -0.4 is 5.32 Å². The molecule has 2 aromatic carbocycles. The van der Waals surface area contributed by atoms with Crippen molar-refractivity contribution in [3.63, 3.8) is 0 Å². The smallest absolute Gasteiger partial charge is 0.234 e. The van der Waals surface area contributed by atoms with Gasteiger partial charge >= 0.3 is 0 Å². The third-order valence-corrected chi connectivity index (χ3v) is 6.17. The predicted octanol–water partition coefficient (Wildman–Crippen LogP) is 6.54. The predicted molar refractivity (Wildman–Crippen MR) is 125 cm³/mol. The van der Waals surface area contributed by atoms with Gasteiger partial charge in [-0.15, -0.1) is 11.8 Å². The molecule has 3 rings (SSSR count). The quantitative estimate of drug-likeness (QED) is 0.392. The van der Waals surface area contributed by atoms with Crippen molar-refractivity contribution in [1.82, 2.24) is 4.98 Å². The number of rotatable bonds is 7. The highest BCUT2D eigenvalue weighted by molar-refractivity contribution is 8.00. The fourth-order valence-electron chi connectivity index (χ4n) is 3.00. The fraction of sp³-hybridized carbons (Fsp3) is 0.217. The van der Waals surface area contributed by atoms with E-state index in [1.807, 2.05) is 38.1 Å². The van der Waals surface area contributed by atoms with Gasteiger partial charge in [0.1, 0.15) is 5.75 Å². The maximum absolute atomic E-state index is 12.1. The van der Waals surface area contributed by atoms with E-state index in [9.17, 15) is 9.90 Å². The molecule has 1 aromatic heterocycles. The molecule has 3 aromatic rings. The van der Waals surface area contributed by atoms with E-state index in [2.05, 4.69) is 10.3 Å². The SMILES string of the molecule is CC(C)c1cc(Cc2c(Cl)cc(SCC(=O)Nc3cccnc3)cc2Cl)ccc1O. The number of aromatic nitrogens is 1. The summed E-state index contributed by atoms with van der Waals surface area (Å²) in [5.74, 6) is 0.612. The highest BCUT2D eigenvalue weighted by Gasteiger charge is 2.13. The van der Waals surface area contributed by atoms with E-state index in [4.69, 9.17) is 23.2 Å². The number of phenols is 1. The Labute approximate surface area is 190 Å². The van der Waals surface area contributed by atoms with Gasteiger partial charge in [0, 0.05) is 27.6 Å². The lowest BCUT2D eigenvalue weighted by Crippen LogP contribution is -2.14. The van der Waals surface area contributed by atoms with Crippen LogP contribution in [0.1, 0.15) is 36.5 Å². The van der Waals surface area contributed by atoms with Gasteiger partial charge in [0.25, 0.3) is 0 Å². The number of benzene rings is 2. The molecule has 0 unspecified atom stereocenters. The van der Waals surface area contributed by atoms with Crippen LogP contribution in [0.5, 0.6) is 5.75 Å². The normalized spacial score (nSPS) is 11.0. The maximum Gasteiger partial charge on any atom is 0.234 e. The number of hydrogen-bond donors (Lipinski definition) is 2. The second-order valence-corrected chi connectivity index (χ2v) is 9.03. The number of nitrogens with one attached hydrogen (secondary N) is 1. The molecule has 1 amide bonds. The lowest BCUT2D eigenvalue weighted by atomic mass is 9.96. The molecule has 4 nitrogen and oxygen atoms in total. The van der Waals surface area contributed by atoms with Crippen molar-refractivity contribution in [2.75, 3.05) is 11.1 Å². The van der Waals surface area contributed by atoms with Crippen LogP contribution in [0.25, 0.3) is 0 Å². The maximum atomic E-state index is 12.1. The molecular formula is C23H22Cl2N2O2S. The Hall–Kier alpha value is -2.21. The molecule has 0 saturated heterocycles. The number of hydrogen-bond acceptors (Lipinski definition) is 4. The number of pyridine rings is 1. The van der Waals surface area contributed by atoms with Gasteiger partial charge in [-0.2, -0.15) is 0 Å². The number of nitrogens with zero attached hydrogens (tertiary/aromatic N) is 1. The Kier molecular flexibility index (Phi) is 7.64. The number of phenolic OH excluding ortho intramolecular Hbond substituents is 1. The Morgan fingerprint density at radius 1 is 1.17 bits per heavy atom. The molecular weight excluding hydrogens is 439 g/mol. The largest absolute Gasteiger partial charge is 0.508 e. The molecule has 0 aliphatic rings. The molecule has 7 heteroatoms. The van der Waals surface area contributed by atoms with E-state index < -0.39 is 0 Å². The van der Waals surface area contributed by atoms with Crippen molar-refractivity contribution in [2.24, 2.45) is 0 Å². The topological polar surface area (TPSA) is 62.2 Å². The van der Waals surface area contributed by atoms with Gasteiger partial charge in [0.05, 0.1) is 17.6 Å². The van der Waals surface area contributed by atoms with Crippen LogP contribution in [0.4, 0.5) is 5.69 Å². The number of amides is 1. The van der Waals surface area contributed by atoms with Crippen LogP contribution >= 0.6 is 35.0 Å². The average molecular weight is 461 g/mol. The van der Waals surface area contributed by atoms with Gasteiger partial charge in [-0.05, 0) is 52.9 Å². The summed E-state index contributed by atoms with van der Waals surface area (Å²) in [6.45, 7) is 4.07. The molecule has 0 radical (unpaired) electrons. The van der Waals surface area contributed by atoms with E-state index in [0.717, 1.165) is 21.6 Å². The minimum absolute atomic E-state index is 0.130. The first-order valence-corrected chi connectivity index (χ1v) is 11.2. The third-order valence-electron chi connectivity index (χ3n) is 4.52. The van der Waals surface area contributed by atoms with Crippen molar-refractivity contribution < 1.29 is 9.90 Å². The summed E-state index contributed by atoms with van der Waals surface area (Å²) < 4.78 is 0. The van der Waals surface area contributed by atoms with Crippen LogP contribution in [0, 0.1) is 0 Å². The minimum atomic E-state index is -0.130. The number of carbonyl (C=O) groups is 1. The summed E-state index contributed by atoms with van der Waals surface area (Å²) in [5, 5.41) is 13.9. The third kappa shape index (κ3) is 5.91. The zero-order valence-electron chi connectivity index (χ0n) is 16.7. The van der Waals surface area contributed by atoms with Crippen LogP contribution in [0.15, 0.2) is 59.8 Å². The fourth-order valence-corrected chi connectivity index (χ4v) is 4.52. The highest BCUT2D eigenvalue weighted by atomic mass is 35.5. The van der Waals surface area contributed by atoms with Crippen molar-refractivity contribution in [2.45, 2.75) is 31.1 Å². The molecule has 1 heterocycles. The van der Waals surface area contributed by atoms with Gasteiger partial charge in [0.15, 0.2) is 0 Å². The summed E-state index contributed by atoms with van der Waals surface area (Å²) in [6.07, 6.45) is 3.81. The van der Waals surface area contributed by atoms with Crippen molar-refractivity contribution >= 4 is 46.6 Å². The standard InChI is InChI=1S/C23H22Cl2N2O2S/c1-14(2)18-8-15(5-6-22(18)28)9-19-20(24)10-17(11-21(19)25)30-13-23(29)27-16-4-3-7-26-12-16/h3-8,10-12,14,28H,9,13H2,1-2H3,(H,27,29). The first-order valence-electron chi connectivity index (χ1n) is 9.46. The first-order chi connectivity index (χ1) is 14.3. The van der Waals surface area contributed by atoms with Gasteiger partial charge in [0.2, 0.25) is 5.91 Å². The molecule has 0 bridgehead atoms. The lowest BCUT2D eigenvalue weighted by Gasteiger charge is -2.13. The van der Waals surface area contributed by atoms with Gasteiger partial charge in [-0.25, -0.2) is 0 Å². The van der Waals surface area contributed by atoms with Gasteiger partial charge < -0.3 is 10.4 Å². The van der Waals surface area contributed by atoms with Crippen LogP contribution in [-0.2, 0) is 11.2 Å². The molecule has 2 N–H and O–H groups in total. The molecule has 0 saturated carbocycles. The highest BCUT2D eigenvalue weighted by Crippen LogP contribution is 2.34. The van der Waals surface area contributed by atoms with Crippen LogP contribution in [0.3, 0.4) is 0 Å². The van der Waals surface area contributed by atoms with Crippen molar-refractivity contribution in [3.05, 3.63) is 81.6 Å². The van der Waals surface area contributed by atoms with Gasteiger partial charge in [-0.3, -0.25) is 9.78 Å². The molecule has 156 valence electrons. The van der Waals surface area contributed by atoms with Crippen LogP contribution in [0.2, 0.25) is 10.0 Å². The second-order valence-electron chi connectivity index (χ2n) is 7.17. The molecule has 30 heavy (non-hydrogen) atoms. The Morgan fingerprint density at radius 3 is 2.53 bits per heavy atom. The Morgan fingerprint density at radius 2 is 1.90 bits per heavy atom. The van der Waals surface area contributed by atoms with E-state index >= 15 is 0 Å². The number of halogens is 2. The molecule has 0 fully saturated rings. The summed E-state index contributed by atoms with van der Waals surface area (Å²) in [6, 6.07) is 12.8. The van der Waals surface area contributed by atoms with Crippen molar-refractivity contribution in [3.8, 4) is 5.75 Å². The number of anilines is 1. The monoisotopic (exact) mass is 460 g/mol. The van der Waals surface area contributed by atoms with Crippen molar-refractivity contribution in [1.29, 1.82) is 0 Å².